The van der Waals surface area contributed by atoms with Gasteiger partial charge in [-0.05, 0) is 49.2 Å². The number of carbonyl (C=O) groups excluding carboxylic acids is 3. The number of thiazole rings is 1. The number of nitrogens with zero attached hydrogens (tertiary/aromatic N) is 2. The van der Waals surface area contributed by atoms with Gasteiger partial charge in [-0.3, -0.25) is 9.59 Å². The molecule has 8 nitrogen and oxygen atoms in total. The highest BCUT2D eigenvalue weighted by atomic mass is 32.1. The van der Waals surface area contributed by atoms with Crippen molar-refractivity contribution in [3.63, 3.8) is 0 Å². The molecular formula is C23H24N2O6S. The van der Waals surface area contributed by atoms with Crippen molar-refractivity contribution in [2.24, 2.45) is 4.99 Å². The summed E-state index contributed by atoms with van der Waals surface area (Å²) in [5.74, 6) is -0.520. The first-order chi connectivity index (χ1) is 15.4. The van der Waals surface area contributed by atoms with Crippen molar-refractivity contribution in [2.75, 3.05) is 20.8 Å². The molecule has 0 spiro atoms. The third-order valence-electron chi connectivity index (χ3n) is 4.73. The highest BCUT2D eigenvalue weighted by Crippen LogP contribution is 2.21. The van der Waals surface area contributed by atoms with E-state index in [0.717, 1.165) is 16.9 Å². The Morgan fingerprint density at radius 1 is 1.09 bits per heavy atom. The van der Waals surface area contributed by atoms with Crippen molar-refractivity contribution >= 4 is 39.4 Å². The minimum Gasteiger partial charge on any atom is -0.496 e. The molecule has 3 rings (SSSR count). The van der Waals surface area contributed by atoms with E-state index in [0.29, 0.717) is 20.6 Å². The molecule has 0 N–H and O–H groups in total. The fraction of sp³-hybridized carbons (Fsp3) is 0.304. The molecule has 1 heterocycles. The molecule has 168 valence electrons. The molecule has 0 bridgehead atoms. The Morgan fingerprint density at radius 3 is 2.53 bits per heavy atom. The van der Waals surface area contributed by atoms with Gasteiger partial charge in [-0.1, -0.05) is 23.5 Å². The smallest absolute Gasteiger partial charge is 0.337 e. The Balaban J connectivity index is 2.00. The molecule has 0 fully saturated rings. The van der Waals surface area contributed by atoms with E-state index in [4.69, 9.17) is 14.2 Å². The Labute approximate surface area is 189 Å². The summed E-state index contributed by atoms with van der Waals surface area (Å²) in [6, 6.07) is 10.5. The largest absolute Gasteiger partial charge is 0.496 e. The molecule has 0 aliphatic carbocycles. The van der Waals surface area contributed by atoms with Gasteiger partial charge in [0.15, 0.2) is 4.80 Å². The summed E-state index contributed by atoms with van der Waals surface area (Å²) >= 11 is 1.21. The zero-order chi connectivity index (χ0) is 23.3. The number of benzene rings is 2. The van der Waals surface area contributed by atoms with Crippen LogP contribution in [0.15, 0.2) is 41.4 Å². The van der Waals surface area contributed by atoms with Crippen molar-refractivity contribution in [3.05, 3.63) is 57.9 Å². The first-order valence-electron chi connectivity index (χ1n) is 9.94. The lowest BCUT2D eigenvalue weighted by Gasteiger charge is -2.06. The summed E-state index contributed by atoms with van der Waals surface area (Å²) in [6.07, 6.45) is 0.103. The lowest BCUT2D eigenvalue weighted by molar-refractivity contribution is -0.143. The topological polar surface area (TPSA) is 96.2 Å². The van der Waals surface area contributed by atoms with Crippen LogP contribution >= 0.6 is 11.3 Å². The van der Waals surface area contributed by atoms with Gasteiger partial charge in [0.1, 0.15) is 12.3 Å². The Morgan fingerprint density at radius 2 is 1.88 bits per heavy atom. The molecule has 3 aromatic rings. The molecule has 0 aliphatic heterocycles. The summed E-state index contributed by atoms with van der Waals surface area (Å²) in [4.78, 5) is 41.4. The van der Waals surface area contributed by atoms with Gasteiger partial charge in [-0.2, -0.15) is 4.99 Å². The fourth-order valence-electron chi connectivity index (χ4n) is 3.26. The average molecular weight is 457 g/mol. The van der Waals surface area contributed by atoms with Crippen LogP contribution in [0.25, 0.3) is 10.2 Å². The Bertz CT molecular complexity index is 1240. The maximum absolute atomic E-state index is 12.7. The molecule has 0 atom stereocenters. The number of hydrogen-bond acceptors (Lipinski definition) is 7. The standard InChI is InChI=1S/C23H24N2O6S/c1-5-31-21(27)13-25-17-8-7-16(22(28)30-4)12-19(17)32-23(25)24-20(26)11-15-6-9-18(29-3)14(2)10-15/h6-10,12H,5,11,13H2,1-4H3. The lowest BCUT2D eigenvalue weighted by Crippen LogP contribution is -2.23. The third-order valence-corrected chi connectivity index (χ3v) is 5.77. The quantitative estimate of drug-likeness (QED) is 0.507. The number of aromatic nitrogens is 1. The van der Waals surface area contributed by atoms with Crippen molar-refractivity contribution in [1.29, 1.82) is 0 Å². The minimum atomic E-state index is -0.471. The first kappa shape index (κ1) is 23.2. The maximum Gasteiger partial charge on any atom is 0.337 e. The van der Waals surface area contributed by atoms with Crippen molar-refractivity contribution in [2.45, 2.75) is 26.8 Å². The van der Waals surface area contributed by atoms with Gasteiger partial charge in [-0.15, -0.1) is 0 Å². The molecule has 0 aliphatic rings. The normalized spacial score (nSPS) is 11.4. The highest BCUT2D eigenvalue weighted by molar-refractivity contribution is 7.16. The molecular weight excluding hydrogens is 432 g/mol. The average Bonchev–Trinajstić information content (AvgIpc) is 3.09. The zero-order valence-electron chi connectivity index (χ0n) is 18.3. The van der Waals surface area contributed by atoms with E-state index < -0.39 is 11.9 Å². The second-order valence-electron chi connectivity index (χ2n) is 6.94. The van der Waals surface area contributed by atoms with Gasteiger partial charge in [0, 0.05) is 0 Å². The van der Waals surface area contributed by atoms with Gasteiger partial charge in [-0.25, -0.2) is 4.79 Å². The number of rotatable bonds is 7. The van der Waals surface area contributed by atoms with Crippen LogP contribution < -0.4 is 9.54 Å². The van der Waals surface area contributed by atoms with E-state index >= 15 is 0 Å². The first-order valence-corrected chi connectivity index (χ1v) is 10.8. The molecule has 32 heavy (non-hydrogen) atoms. The van der Waals surface area contributed by atoms with Crippen LogP contribution in [0.4, 0.5) is 0 Å². The van der Waals surface area contributed by atoms with E-state index in [9.17, 15) is 14.4 Å². The number of aryl methyl sites for hydroxylation is 1. The van der Waals surface area contributed by atoms with Crippen LogP contribution in [0, 0.1) is 6.92 Å². The van der Waals surface area contributed by atoms with Crippen LogP contribution in [0.2, 0.25) is 0 Å². The number of methoxy groups -OCH3 is 2. The molecule has 0 radical (unpaired) electrons. The molecule has 2 aromatic carbocycles. The molecule has 1 amide bonds. The van der Waals surface area contributed by atoms with E-state index in [1.54, 1.807) is 36.8 Å². The predicted molar refractivity (Wildman–Crippen MR) is 120 cm³/mol. The molecule has 0 saturated carbocycles. The Kier molecular flexibility index (Phi) is 7.42. The minimum absolute atomic E-state index is 0.0980. The number of fused-ring (bicyclic) bond motifs is 1. The van der Waals surface area contributed by atoms with Crippen LogP contribution in [-0.4, -0.2) is 43.2 Å². The number of esters is 2. The van der Waals surface area contributed by atoms with Gasteiger partial charge < -0.3 is 18.8 Å². The van der Waals surface area contributed by atoms with Gasteiger partial charge >= 0.3 is 11.9 Å². The summed E-state index contributed by atoms with van der Waals surface area (Å²) in [7, 11) is 2.90. The summed E-state index contributed by atoms with van der Waals surface area (Å²) in [6.45, 7) is 3.78. The second kappa shape index (κ2) is 10.2. The Hall–Kier alpha value is -3.46. The fourth-order valence-corrected chi connectivity index (χ4v) is 4.35. The van der Waals surface area contributed by atoms with Gasteiger partial charge in [0.05, 0.1) is 43.0 Å². The van der Waals surface area contributed by atoms with E-state index in [-0.39, 0.29) is 25.5 Å². The number of carbonyl (C=O) groups is 3. The van der Waals surface area contributed by atoms with E-state index in [1.165, 1.54) is 18.4 Å². The predicted octanol–water partition coefficient (Wildman–Crippen LogP) is 3.04. The second-order valence-corrected chi connectivity index (χ2v) is 7.95. The van der Waals surface area contributed by atoms with Gasteiger partial charge in [0.25, 0.3) is 5.91 Å². The molecule has 0 unspecified atom stereocenters. The van der Waals surface area contributed by atoms with Crippen LogP contribution in [-0.2, 0) is 32.0 Å². The van der Waals surface area contributed by atoms with Gasteiger partial charge in [0.2, 0.25) is 0 Å². The van der Waals surface area contributed by atoms with Crippen LogP contribution in [0.5, 0.6) is 5.75 Å². The lowest BCUT2D eigenvalue weighted by atomic mass is 10.1. The zero-order valence-corrected chi connectivity index (χ0v) is 19.2. The van der Waals surface area contributed by atoms with Crippen molar-refractivity contribution < 1.29 is 28.6 Å². The van der Waals surface area contributed by atoms with Crippen LogP contribution in [0.1, 0.15) is 28.4 Å². The molecule has 1 aromatic heterocycles. The summed E-state index contributed by atoms with van der Waals surface area (Å²) < 4.78 is 17.4. The maximum atomic E-state index is 12.7. The number of hydrogen-bond donors (Lipinski definition) is 0. The number of ether oxygens (including phenoxy) is 3. The highest BCUT2D eigenvalue weighted by Gasteiger charge is 2.15. The monoisotopic (exact) mass is 456 g/mol. The summed E-state index contributed by atoms with van der Waals surface area (Å²) in [5.41, 5.74) is 2.77. The van der Waals surface area contributed by atoms with Crippen molar-refractivity contribution in [3.8, 4) is 5.75 Å². The van der Waals surface area contributed by atoms with E-state index in [1.807, 2.05) is 25.1 Å². The van der Waals surface area contributed by atoms with Crippen molar-refractivity contribution in [1.82, 2.24) is 4.57 Å². The summed E-state index contributed by atoms with van der Waals surface area (Å²) in [5, 5.41) is 0. The van der Waals surface area contributed by atoms with Crippen LogP contribution in [0.3, 0.4) is 0 Å². The SMILES string of the molecule is CCOC(=O)Cn1c(=NC(=O)Cc2ccc(OC)c(C)c2)sc2cc(C(=O)OC)ccc21. The van der Waals surface area contributed by atoms with E-state index in [2.05, 4.69) is 4.99 Å². The molecule has 0 saturated heterocycles. The number of amides is 1. The molecule has 9 heteroatoms. The third kappa shape index (κ3) is 5.23.